The van der Waals surface area contributed by atoms with Crippen molar-refractivity contribution in [2.45, 2.75) is 13.0 Å². The van der Waals surface area contributed by atoms with Crippen molar-refractivity contribution >= 4 is 44.7 Å². The molecule has 0 aliphatic carbocycles. The van der Waals surface area contributed by atoms with Crippen LogP contribution < -0.4 is 5.56 Å². The number of nitrogens with one attached hydrogen (secondary N) is 1. The Hall–Kier alpha value is -2.34. The molecule has 2 aromatic heterocycles. The molecule has 0 bridgehead atoms. The van der Waals surface area contributed by atoms with Gasteiger partial charge < -0.3 is 15.0 Å². The van der Waals surface area contributed by atoms with Crippen molar-refractivity contribution in [2.24, 2.45) is 0 Å². The van der Waals surface area contributed by atoms with Crippen LogP contribution in [0.1, 0.15) is 18.5 Å². The van der Waals surface area contributed by atoms with E-state index in [-0.39, 0.29) is 23.7 Å². The van der Waals surface area contributed by atoms with E-state index in [9.17, 15) is 9.90 Å². The molecule has 0 fully saturated rings. The van der Waals surface area contributed by atoms with Gasteiger partial charge in [0.05, 0.1) is 0 Å². The second kappa shape index (κ2) is 7.35. The van der Waals surface area contributed by atoms with Crippen LogP contribution in [0.2, 0.25) is 0 Å². The lowest BCUT2D eigenvalue weighted by atomic mass is 9.95. The Morgan fingerprint density at radius 1 is 1.07 bits per heavy atom. The first kappa shape index (κ1) is 19.4. The zero-order chi connectivity index (χ0) is 18.4. The Morgan fingerprint density at radius 3 is 2.44 bits per heavy atom. The van der Waals surface area contributed by atoms with Gasteiger partial charge in [-0.3, -0.25) is 4.79 Å². The van der Waals surface area contributed by atoms with E-state index in [2.05, 4.69) is 43.0 Å². The second-order valence-electron chi connectivity index (χ2n) is 6.76. The molecule has 0 amide bonds. The van der Waals surface area contributed by atoms with Gasteiger partial charge in [0.15, 0.2) is 0 Å². The number of phenols is 1. The number of hydrogen-bond acceptors (Lipinski definition) is 4. The topological polar surface area (TPSA) is 56.3 Å². The third kappa shape index (κ3) is 3.23. The van der Waals surface area contributed by atoms with E-state index >= 15 is 0 Å². The van der Waals surface area contributed by atoms with E-state index in [1.54, 1.807) is 12.1 Å². The van der Waals surface area contributed by atoms with Crippen LogP contribution in [0.15, 0.2) is 52.6 Å². The van der Waals surface area contributed by atoms with Gasteiger partial charge in [-0.25, -0.2) is 0 Å². The summed E-state index contributed by atoms with van der Waals surface area (Å²) in [6.45, 7) is 2.16. The molecule has 0 radical (unpaired) electrons. The fourth-order valence-electron chi connectivity index (χ4n) is 3.36. The molecule has 0 spiro atoms. The van der Waals surface area contributed by atoms with Crippen molar-refractivity contribution < 1.29 is 5.11 Å². The first-order valence-electron chi connectivity index (χ1n) is 8.49. The van der Waals surface area contributed by atoms with Crippen LogP contribution >= 0.6 is 23.7 Å². The smallest absolute Gasteiger partial charge is 0.266 e. The number of nitrogens with zero attached hydrogens (tertiary/aromatic N) is 1. The summed E-state index contributed by atoms with van der Waals surface area (Å²) in [5.41, 5.74) is 3.55. The average Bonchev–Trinajstić information content (AvgIpc) is 3.12. The van der Waals surface area contributed by atoms with Crippen LogP contribution in [-0.2, 0) is 0 Å². The third-order valence-corrected chi connectivity index (χ3v) is 5.94. The minimum Gasteiger partial charge on any atom is -0.507 e. The molecular formula is C21H21ClN2O2S. The van der Waals surface area contributed by atoms with Crippen molar-refractivity contribution in [1.82, 2.24) is 9.88 Å². The zero-order valence-electron chi connectivity index (χ0n) is 15.3. The van der Waals surface area contributed by atoms with Gasteiger partial charge in [-0.05, 0) is 55.7 Å². The standard InChI is InChI=1S/C21H20N2O2S.ClH/c1-12(23(2)3)13-4-6-14(7-5-13)18-17(24)9-8-16-19(18)15-10-11-26-20(15)21(25)22-16;/h4-12,24H,1-3H3,(H,22,25);1H. The van der Waals surface area contributed by atoms with Crippen LogP contribution in [0.25, 0.3) is 32.1 Å². The van der Waals surface area contributed by atoms with Crippen molar-refractivity contribution in [3.8, 4) is 16.9 Å². The summed E-state index contributed by atoms with van der Waals surface area (Å²) >= 11 is 1.42. The molecular weight excluding hydrogens is 380 g/mol. The third-order valence-electron chi connectivity index (χ3n) is 5.03. The summed E-state index contributed by atoms with van der Waals surface area (Å²) in [7, 11) is 4.11. The predicted molar refractivity (Wildman–Crippen MR) is 116 cm³/mol. The first-order chi connectivity index (χ1) is 12.5. The number of halogens is 1. The quantitative estimate of drug-likeness (QED) is 0.499. The largest absolute Gasteiger partial charge is 0.507 e. The van der Waals surface area contributed by atoms with E-state index in [4.69, 9.17) is 0 Å². The monoisotopic (exact) mass is 400 g/mol. The number of rotatable bonds is 3. The minimum absolute atomic E-state index is 0. The summed E-state index contributed by atoms with van der Waals surface area (Å²) in [4.78, 5) is 17.4. The Bertz CT molecular complexity index is 1160. The molecule has 4 nitrogen and oxygen atoms in total. The van der Waals surface area contributed by atoms with Crippen LogP contribution in [-0.4, -0.2) is 29.1 Å². The summed E-state index contributed by atoms with van der Waals surface area (Å²) in [5, 5.41) is 14.3. The number of fused-ring (bicyclic) bond motifs is 3. The molecule has 0 saturated heterocycles. The normalized spacial score (nSPS) is 12.4. The van der Waals surface area contributed by atoms with Crippen molar-refractivity contribution in [2.75, 3.05) is 14.1 Å². The second-order valence-corrected chi connectivity index (χ2v) is 7.68. The van der Waals surface area contributed by atoms with Crippen molar-refractivity contribution in [3.05, 3.63) is 63.8 Å². The minimum atomic E-state index is -0.0886. The number of hydrogen-bond donors (Lipinski definition) is 2. The highest BCUT2D eigenvalue weighted by molar-refractivity contribution is 7.17. The maximum absolute atomic E-state index is 12.3. The molecule has 1 unspecified atom stereocenters. The van der Waals surface area contributed by atoms with E-state index in [0.29, 0.717) is 10.7 Å². The van der Waals surface area contributed by atoms with Gasteiger partial charge >= 0.3 is 0 Å². The molecule has 0 saturated carbocycles. The number of benzene rings is 2. The van der Waals surface area contributed by atoms with Crippen LogP contribution in [0.4, 0.5) is 0 Å². The van der Waals surface area contributed by atoms with E-state index in [0.717, 1.165) is 27.4 Å². The molecule has 140 valence electrons. The Kier molecular flexibility index (Phi) is 5.29. The van der Waals surface area contributed by atoms with Crippen LogP contribution in [0, 0.1) is 0 Å². The molecule has 6 heteroatoms. The van der Waals surface area contributed by atoms with Crippen molar-refractivity contribution in [1.29, 1.82) is 0 Å². The van der Waals surface area contributed by atoms with Gasteiger partial charge in [0, 0.05) is 27.9 Å². The average molecular weight is 401 g/mol. The lowest BCUT2D eigenvalue weighted by molar-refractivity contribution is 0.321. The maximum Gasteiger partial charge on any atom is 0.266 e. The first-order valence-corrected chi connectivity index (χ1v) is 9.37. The van der Waals surface area contributed by atoms with Crippen LogP contribution in [0.5, 0.6) is 5.75 Å². The molecule has 2 aromatic carbocycles. The number of thiophene rings is 1. The summed E-state index contributed by atoms with van der Waals surface area (Å²) in [6.07, 6.45) is 0. The lowest BCUT2D eigenvalue weighted by Crippen LogP contribution is -2.16. The highest BCUT2D eigenvalue weighted by Gasteiger charge is 2.16. The zero-order valence-corrected chi connectivity index (χ0v) is 16.9. The molecule has 0 aliphatic heterocycles. The summed E-state index contributed by atoms with van der Waals surface area (Å²) in [5.74, 6) is 0.213. The van der Waals surface area contributed by atoms with E-state index in [1.807, 2.05) is 23.6 Å². The lowest BCUT2D eigenvalue weighted by Gasteiger charge is -2.20. The summed E-state index contributed by atoms with van der Waals surface area (Å²) < 4.78 is 0.683. The van der Waals surface area contributed by atoms with Gasteiger partial charge in [-0.1, -0.05) is 24.3 Å². The van der Waals surface area contributed by atoms with E-state index < -0.39 is 0 Å². The number of aromatic hydroxyl groups is 1. The summed E-state index contributed by atoms with van der Waals surface area (Å²) in [6, 6.07) is 13.9. The van der Waals surface area contributed by atoms with Crippen LogP contribution in [0.3, 0.4) is 0 Å². The molecule has 1 atom stereocenters. The van der Waals surface area contributed by atoms with Gasteiger partial charge in [0.2, 0.25) is 0 Å². The Balaban J connectivity index is 0.00000210. The Morgan fingerprint density at radius 2 is 1.78 bits per heavy atom. The molecule has 4 aromatic rings. The number of H-pyrrole nitrogens is 1. The van der Waals surface area contributed by atoms with Crippen molar-refractivity contribution in [3.63, 3.8) is 0 Å². The fourth-order valence-corrected chi connectivity index (χ4v) is 4.15. The fraction of sp³-hybridized carbons (Fsp3) is 0.190. The van der Waals surface area contributed by atoms with E-state index in [1.165, 1.54) is 16.9 Å². The Labute approximate surface area is 167 Å². The number of pyridine rings is 1. The molecule has 4 rings (SSSR count). The maximum atomic E-state index is 12.3. The van der Waals surface area contributed by atoms with Gasteiger partial charge in [0.25, 0.3) is 5.56 Å². The predicted octanol–water partition coefficient (Wildman–Crippen LogP) is 5.16. The number of aromatic amines is 1. The highest BCUT2D eigenvalue weighted by atomic mass is 35.5. The SMILES string of the molecule is CC(c1ccc(-c2c(O)ccc3[nH]c(=O)c4sccc4c23)cc1)N(C)C.Cl. The number of aromatic nitrogens is 1. The highest BCUT2D eigenvalue weighted by Crippen LogP contribution is 2.39. The number of phenolic OH excluding ortho intramolecular Hbond substituents is 1. The molecule has 2 heterocycles. The van der Waals surface area contributed by atoms with Gasteiger partial charge in [-0.2, -0.15) is 0 Å². The molecule has 27 heavy (non-hydrogen) atoms. The molecule has 0 aliphatic rings. The molecule has 2 N–H and O–H groups in total. The van der Waals surface area contributed by atoms with Gasteiger partial charge in [-0.15, -0.1) is 23.7 Å². The van der Waals surface area contributed by atoms with Gasteiger partial charge in [0.1, 0.15) is 10.4 Å².